The van der Waals surface area contributed by atoms with E-state index in [-0.39, 0.29) is 24.2 Å². The maximum atomic E-state index is 9.21. The third-order valence-corrected chi connectivity index (χ3v) is 3.56. The number of nitrogens with two attached hydrogens (primary N) is 1. The van der Waals surface area contributed by atoms with E-state index in [1.165, 1.54) is 0 Å². The second-order valence-corrected chi connectivity index (χ2v) is 5.71. The highest BCUT2D eigenvalue weighted by atomic mass is 16.5. The van der Waals surface area contributed by atoms with Crippen molar-refractivity contribution in [2.45, 2.75) is 45.8 Å². The summed E-state index contributed by atoms with van der Waals surface area (Å²) in [6.45, 7) is 10.1. The van der Waals surface area contributed by atoms with E-state index in [0.717, 1.165) is 39.0 Å². The van der Waals surface area contributed by atoms with Crippen LogP contribution < -0.4 is 5.73 Å². The van der Waals surface area contributed by atoms with E-state index in [9.17, 15) is 5.11 Å². The molecule has 17 heavy (non-hydrogen) atoms. The van der Waals surface area contributed by atoms with E-state index in [0.29, 0.717) is 0 Å². The molecule has 0 aromatic heterocycles. The maximum absolute atomic E-state index is 9.21. The first-order chi connectivity index (χ1) is 8.03. The predicted molar refractivity (Wildman–Crippen MR) is 69.9 cm³/mol. The van der Waals surface area contributed by atoms with Gasteiger partial charge in [0.1, 0.15) is 0 Å². The van der Waals surface area contributed by atoms with Crippen LogP contribution in [0.2, 0.25) is 0 Å². The number of rotatable bonds is 6. The largest absolute Gasteiger partial charge is 0.394 e. The summed E-state index contributed by atoms with van der Waals surface area (Å²) >= 11 is 0. The van der Waals surface area contributed by atoms with Crippen LogP contribution in [0.15, 0.2) is 0 Å². The summed E-state index contributed by atoms with van der Waals surface area (Å²) in [5.74, 6) is 0. The molecule has 1 aliphatic rings. The molecule has 0 saturated carbocycles. The molecule has 0 aliphatic carbocycles. The van der Waals surface area contributed by atoms with Gasteiger partial charge in [-0.05, 0) is 25.3 Å². The Balaban J connectivity index is 2.53. The number of aliphatic hydroxyl groups is 1. The minimum atomic E-state index is -0.0394. The standard InChI is InChI=1S/C13H28N2O2/c1-4-5-13(3,9-14)10-15-6-11(2)17-12(7-15)8-16/h11-12,16H,4-10,14H2,1-3H3. The van der Waals surface area contributed by atoms with Crippen molar-refractivity contribution in [3.05, 3.63) is 0 Å². The average Bonchev–Trinajstić information content (AvgIpc) is 2.28. The smallest absolute Gasteiger partial charge is 0.0936 e. The highest BCUT2D eigenvalue weighted by molar-refractivity contribution is 4.83. The Labute approximate surface area is 105 Å². The van der Waals surface area contributed by atoms with Gasteiger partial charge in [-0.25, -0.2) is 0 Å². The second-order valence-electron chi connectivity index (χ2n) is 5.71. The Hall–Kier alpha value is -0.160. The van der Waals surface area contributed by atoms with Crippen molar-refractivity contribution in [3.63, 3.8) is 0 Å². The monoisotopic (exact) mass is 244 g/mol. The van der Waals surface area contributed by atoms with Crippen LogP contribution in [-0.4, -0.2) is 55.0 Å². The minimum absolute atomic E-state index is 0.0394. The first-order valence-electron chi connectivity index (χ1n) is 6.71. The molecule has 0 aromatic carbocycles. The zero-order valence-electron chi connectivity index (χ0n) is 11.5. The third-order valence-electron chi connectivity index (χ3n) is 3.56. The highest BCUT2D eigenvalue weighted by Gasteiger charge is 2.30. The summed E-state index contributed by atoms with van der Waals surface area (Å²) in [7, 11) is 0. The van der Waals surface area contributed by atoms with Gasteiger partial charge in [-0.3, -0.25) is 4.90 Å². The normalized spacial score (nSPS) is 30.2. The topological polar surface area (TPSA) is 58.7 Å². The first kappa shape index (κ1) is 14.9. The van der Waals surface area contributed by atoms with Crippen LogP contribution in [0.4, 0.5) is 0 Å². The summed E-state index contributed by atoms with van der Waals surface area (Å²) < 4.78 is 5.65. The van der Waals surface area contributed by atoms with Crippen LogP contribution >= 0.6 is 0 Å². The van der Waals surface area contributed by atoms with E-state index in [1.807, 2.05) is 0 Å². The molecule has 1 fully saturated rings. The van der Waals surface area contributed by atoms with Crippen molar-refractivity contribution in [3.8, 4) is 0 Å². The van der Waals surface area contributed by atoms with Gasteiger partial charge in [0.05, 0.1) is 18.8 Å². The maximum Gasteiger partial charge on any atom is 0.0936 e. The van der Waals surface area contributed by atoms with E-state index in [2.05, 4.69) is 25.7 Å². The Bertz CT molecular complexity index is 225. The van der Waals surface area contributed by atoms with E-state index in [1.54, 1.807) is 0 Å². The molecule has 3 N–H and O–H groups in total. The average molecular weight is 244 g/mol. The number of hydrogen-bond donors (Lipinski definition) is 2. The molecule has 4 nitrogen and oxygen atoms in total. The van der Waals surface area contributed by atoms with Crippen LogP contribution in [0.1, 0.15) is 33.6 Å². The molecule has 1 heterocycles. The zero-order chi connectivity index (χ0) is 12.9. The second kappa shape index (κ2) is 6.69. The lowest BCUT2D eigenvalue weighted by Gasteiger charge is -2.41. The molecule has 3 unspecified atom stereocenters. The molecule has 1 rings (SSSR count). The van der Waals surface area contributed by atoms with Crippen molar-refractivity contribution in [1.82, 2.24) is 4.90 Å². The van der Waals surface area contributed by atoms with Gasteiger partial charge in [0, 0.05) is 19.6 Å². The van der Waals surface area contributed by atoms with E-state index in [4.69, 9.17) is 10.5 Å². The van der Waals surface area contributed by atoms with Crippen molar-refractivity contribution in [1.29, 1.82) is 0 Å². The van der Waals surface area contributed by atoms with Gasteiger partial charge >= 0.3 is 0 Å². The highest BCUT2D eigenvalue weighted by Crippen LogP contribution is 2.25. The van der Waals surface area contributed by atoms with Crippen LogP contribution in [0, 0.1) is 5.41 Å². The molecule has 1 aliphatic heterocycles. The Morgan fingerprint density at radius 2 is 2.18 bits per heavy atom. The molecule has 0 bridgehead atoms. The van der Waals surface area contributed by atoms with E-state index < -0.39 is 0 Å². The fourth-order valence-electron chi connectivity index (χ4n) is 2.76. The SMILES string of the molecule is CCCC(C)(CN)CN1CC(C)OC(CO)C1. The van der Waals surface area contributed by atoms with E-state index >= 15 is 0 Å². The van der Waals surface area contributed by atoms with Gasteiger partial charge in [0.2, 0.25) is 0 Å². The molecule has 1 saturated heterocycles. The molecule has 3 atom stereocenters. The summed E-state index contributed by atoms with van der Waals surface area (Å²) in [6, 6.07) is 0. The lowest BCUT2D eigenvalue weighted by molar-refractivity contribution is -0.102. The van der Waals surface area contributed by atoms with Crippen LogP contribution in [-0.2, 0) is 4.74 Å². The molecule has 0 spiro atoms. The third kappa shape index (κ3) is 4.54. The summed E-state index contributed by atoms with van der Waals surface area (Å²) in [6.07, 6.45) is 2.47. The quantitative estimate of drug-likeness (QED) is 0.727. The lowest BCUT2D eigenvalue weighted by atomic mass is 9.85. The zero-order valence-corrected chi connectivity index (χ0v) is 11.5. The van der Waals surface area contributed by atoms with Gasteiger partial charge in [0.15, 0.2) is 0 Å². The molecular weight excluding hydrogens is 216 g/mol. The molecule has 4 heteroatoms. The van der Waals surface area contributed by atoms with Gasteiger partial charge < -0.3 is 15.6 Å². The van der Waals surface area contributed by atoms with Crippen molar-refractivity contribution in [2.75, 3.05) is 32.8 Å². The summed E-state index contributed by atoms with van der Waals surface area (Å²) in [4.78, 5) is 2.39. The summed E-state index contributed by atoms with van der Waals surface area (Å²) in [5, 5.41) is 9.21. The Morgan fingerprint density at radius 3 is 2.71 bits per heavy atom. The first-order valence-corrected chi connectivity index (χ1v) is 6.71. The molecule has 0 amide bonds. The molecule has 0 radical (unpaired) electrons. The molecule has 0 aromatic rings. The lowest BCUT2D eigenvalue weighted by Crippen LogP contribution is -2.52. The van der Waals surface area contributed by atoms with Crippen LogP contribution in [0.5, 0.6) is 0 Å². The van der Waals surface area contributed by atoms with Gasteiger partial charge in [-0.15, -0.1) is 0 Å². The predicted octanol–water partition coefficient (Wildman–Crippen LogP) is 0.833. The Kier molecular flexibility index (Phi) is 5.86. The van der Waals surface area contributed by atoms with Gasteiger partial charge in [0.25, 0.3) is 0 Å². The molecular formula is C13H28N2O2. The number of aliphatic hydroxyl groups excluding tert-OH is 1. The van der Waals surface area contributed by atoms with Crippen molar-refractivity contribution in [2.24, 2.45) is 11.1 Å². The van der Waals surface area contributed by atoms with Crippen LogP contribution in [0.25, 0.3) is 0 Å². The summed E-state index contributed by atoms with van der Waals surface area (Å²) in [5.41, 5.74) is 6.09. The number of nitrogens with zero attached hydrogens (tertiary/aromatic N) is 1. The van der Waals surface area contributed by atoms with Crippen LogP contribution in [0.3, 0.4) is 0 Å². The van der Waals surface area contributed by atoms with Gasteiger partial charge in [-0.2, -0.15) is 0 Å². The number of ether oxygens (including phenoxy) is 1. The van der Waals surface area contributed by atoms with Crippen molar-refractivity contribution < 1.29 is 9.84 Å². The van der Waals surface area contributed by atoms with Crippen molar-refractivity contribution >= 4 is 0 Å². The number of hydrogen-bond acceptors (Lipinski definition) is 4. The Morgan fingerprint density at radius 1 is 1.47 bits per heavy atom. The molecule has 102 valence electrons. The van der Waals surface area contributed by atoms with Gasteiger partial charge in [-0.1, -0.05) is 20.3 Å². The number of morpholine rings is 1. The minimum Gasteiger partial charge on any atom is -0.394 e. The fraction of sp³-hybridized carbons (Fsp3) is 1.00. The fourth-order valence-corrected chi connectivity index (χ4v) is 2.76.